The number of aryl methyl sites for hydroxylation is 1. The summed E-state index contributed by atoms with van der Waals surface area (Å²) in [5, 5.41) is 15.6. The molecule has 1 aromatic heterocycles. The van der Waals surface area contributed by atoms with Gasteiger partial charge in [-0.3, -0.25) is 10.1 Å². The number of non-ortho nitro benzene ring substituents is 1. The Hall–Kier alpha value is -2.72. The van der Waals surface area contributed by atoms with Crippen LogP contribution in [-0.4, -0.2) is 53.7 Å². The molecule has 10 heteroatoms. The fourth-order valence-electron chi connectivity index (χ4n) is 4.38. The highest BCUT2D eigenvalue weighted by Gasteiger charge is 2.27. The average Bonchev–Trinajstić information content (AvgIpc) is 2.99. The molecule has 1 aromatic carbocycles. The summed E-state index contributed by atoms with van der Waals surface area (Å²) in [5.41, 5.74) is 2.84. The van der Waals surface area contributed by atoms with Crippen LogP contribution in [0.2, 0.25) is 0 Å². The number of thiocarbonyl (C=S) groups is 1. The van der Waals surface area contributed by atoms with E-state index in [-0.39, 0.29) is 16.6 Å². The maximum absolute atomic E-state index is 12.8. The Kier molecular flexibility index (Phi) is 7.44. The number of benzene rings is 1. The molecule has 2 aliphatic rings. The number of hydrogen-bond donors (Lipinski definition) is 1. The first-order valence-electron chi connectivity index (χ1n) is 11.3. The van der Waals surface area contributed by atoms with Crippen LogP contribution in [0.4, 0.5) is 16.4 Å². The van der Waals surface area contributed by atoms with E-state index in [1.807, 2.05) is 6.92 Å². The number of piperazine rings is 1. The SMILES string of the molecule is CCOC(=O)c1c(NC(=S)N2CCN(c3ccc([N+](=O)[O-])cc3)CC2)sc2c1CCCCC2. The minimum Gasteiger partial charge on any atom is -0.462 e. The van der Waals surface area contributed by atoms with Crippen molar-refractivity contribution in [3.05, 3.63) is 50.4 Å². The Labute approximate surface area is 202 Å². The van der Waals surface area contributed by atoms with Crippen molar-refractivity contribution in [2.24, 2.45) is 0 Å². The Morgan fingerprint density at radius 3 is 2.52 bits per heavy atom. The smallest absolute Gasteiger partial charge is 0.341 e. The molecule has 2 heterocycles. The standard InChI is InChI=1S/C23H28N4O4S2/c1-2-31-22(28)20-18-6-4-3-5-7-19(18)33-21(20)24-23(32)26-14-12-25(13-15-26)16-8-10-17(11-9-16)27(29)30/h8-11H,2-7,12-15H2,1H3,(H,24,32). The lowest BCUT2D eigenvalue weighted by Crippen LogP contribution is -2.50. The van der Waals surface area contributed by atoms with Crippen molar-refractivity contribution < 1.29 is 14.5 Å². The summed E-state index contributed by atoms with van der Waals surface area (Å²) < 4.78 is 5.37. The molecule has 2 aromatic rings. The normalized spacial score (nSPS) is 16.0. The molecule has 0 radical (unpaired) electrons. The predicted octanol–water partition coefficient (Wildman–Crippen LogP) is 4.62. The number of carbonyl (C=O) groups excluding carboxylic acids is 1. The lowest BCUT2D eigenvalue weighted by molar-refractivity contribution is -0.384. The first kappa shape index (κ1) is 23.4. The van der Waals surface area contributed by atoms with Gasteiger partial charge in [0, 0.05) is 48.9 Å². The second-order valence-corrected chi connectivity index (χ2v) is 9.66. The van der Waals surface area contributed by atoms with Gasteiger partial charge in [-0.1, -0.05) is 6.42 Å². The second kappa shape index (κ2) is 10.5. The third-order valence-electron chi connectivity index (χ3n) is 6.11. The maximum Gasteiger partial charge on any atom is 0.341 e. The van der Waals surface area contributed by atoms with E-state index in [1.165, 1.54) is 23.4 Å². The molecule has 0 amide bonds. The summed E-state index contributed by atoms with van der Waals surface area (Å²) in [4.78, 5) is 28.8. The third-order valence-corrected chi connectivity index (χ3v) is 7.68. The van der Waals surface area contributed by atoms with Gasteiger partial charge in [0.05, 0.1) is 17.1 Å². The molecule has 33 heavy (non-hydrogen) atoms. The van der Waals surface area contributed by atoms with E-state index in [0.717, 1.165) is 68.1 Å². The van der Waals surface area contributed by atoms with E-state index in [0.29, 0.717) is 17.3 Å². The molecule has 0 spiro atoms. The van der Waals surface area contributed by atoms with E-state index < -0.39 is 0 Å². The summed E-state index contributed by atoms with van der Waals surface area (Å²) in [5.74, 6) is -0.273. The lowest BCUT2D eigenvalue weighted by Gasteiger charge is -2.37. The number of fused-ring (bicyclic) bond motifs is 1. The Morgan fingerprint density at radius 1 is 1.15 bits per heavy atom. The van der Waals surface area contributed by atoms with Gasteiger partial charge < -0.3 is 19.9 Å². The average molecular weight is 489 g/mol. The van der Waals surface area contributed by atoms with Crippen molar-refractivity contribution in [1.29, 1.82) is 0 Å². The Bertz CT molecular complexity index is 1030. The molecule has 1 fully saturated rings. The summed E-state index contributed by atoms with van der Waals surface area (Å²) in [6.07, 6.45) is 5.32. The predicted molar refractivity (Wildman–Crippen MR) is 135 cm³/mol. The molecule has 0 atom stereocenters. The van der Waals surface area contributed by atoms with E-state index in [2.05, 4.69) is 15.1 Å². The largest absolute Gasteiger partial charge is 0.462 e. The van der Waals surface area contributed by atoms with Crippen LogP contribution < -0.4 is 10.2 Å². The number of nitro benzene ring substituents is 1. The second-order valence-electron chi connectivity index (χ2n) is 8.17. The molecule has 4 rings (SSSR count). The molecule has 1 aliphatic heterocycles. The summed E-state index contributed by atoms with van der Waals surface area (Å²) >= 11 is 7.34. The number of hydrogen-bond acceptors (Lipinski definition) is 7. The maximum atomic E-state index is 12.8. The van der Waals surface area contributed by atoms with Crippen LogP contribution in [-0.2, 0) is 17.6 Å². The van der Waals surface area contributed by atoms with Gasteiger partial charge in [0.25, 0.3) is 5.69 Å². The highest BCUT2D eigenvalue weighted by Crippen LogP contribution is 2.38. The van der Waals surface area contributed by atoms with Crippen LogP contribution in [0.1, 0.15) is 47.0 Å². The molecule has 1 N–H and O–H groups in total. The minimum atomic E-state index is -0.388. The number of nitro groups is 1. The molecular weight excluding hydrogens is 460 g/mol. The van der Waals surface area contributed by atoms with Crippen LogP contribution in [0.25, 0.3) is 0 Å². The van der Waals surface area contributed by atoms with Gasteiger partial charge in [-0.2, -0.15) is 0 Å². The van der Waals surface area contributed by atoms with Gasteiger partial charge in [-0.25, -0.2) is 4.79 Å². The third kappa shape index (κ3) is 5.27. The van der Waals surface area contributed by atoms with Crippen LogP contribution in [0.15, 0.2) is 24.3 Å². The van der Waals surface area contributed by atoms with Crippen LogP contribution in [0.5, 0.6) is 0 Å². The topological polar surface area (TPSA) is 88.0 Å². The quantitative estimate of drug-likeness (QED) is 0.214. The molecule has 176 valence electrons. The number of anilines is 2. The highest BCUT2D eigenvalue weighted by atomic mass is 32.1. The fraction of sp³-hybridized carbons (Fsp3) is 0.478. The van der Waals surface area contributed by atoms with Gasteiger partial charge in [-0.15, -0.1) is 11.3 Å². The molecular formula is C23H28N4O4S2. The number of esters is 1. The minimum absolute atomic E-state index is 0.0921. The number of carbonyl (C=O) groups is 1. The van der Waals surface area contributed by atoms with Crippen LogP contribution >= 0.6 is 23.6 Å². The number of nitrogens with zero attached hydrogens (tertiary/aromatic N) is 3. The molecule has 1 saturated heterocycles. The van der Waals surface area contributed by atoms with Crippen molar-refractivity contribution in [2.45, 2.75) is 39.0 Å². The first-order chi connectivity index (χ1) is 16.0. The van der Waals surface area contributed by atoms with Crippen molar-refractivity contribution >= 4 is 51.0 Å². The lowest BCUT2D eigenvalue weighted by atomic mass is 10.1. The Morgan fingerprint density at radius 2 is 1.85 bits per heavy atom. The van der Waals surface area contributed by atoms with E-state index in [1.54, 1.807) is 23.5 Å². The van der Waals surface area contributed by atoms with Gasteiger partial charge >= 0.3 is 5.97 Å². The van der Waals surface area contributed by atoms with E-state index in [9.17, 15) is 14.9 Å². The van der Waals surface area contributed by atoms with Gasteiger partial charge in [-0.05, 0) is 62.5 Å². The summed E-state index contributed by atoms with van der Waals surface area (Å²) in [6, 6.07) is 6.64. The van der Waals surface area contributed by atoms with Gasteiger partial charge in [0.1, 0.15) is 5.00 Å². The van der Waals surface area contributed by atoms with Crippen molar-refractivity contribution in [3.8, 4) is 0 Å². The van der Waals surface area contributed by atoms with E-state index >= 15 is 0 Å². The van der Waals surface area contributed by atoms with Crippen molar-refractivity contribution in [2.75, 3.05) is 43.0 Å². The van der Waals surface area contributed by atoms with Gasteiger partial charge in [0.15, 0.2) is 5.11 Å². The fourth-order valence-corrected chi connectivity index (χ4v) is 6.00. The first-order valence-corrected chi connectivity index (χ1v) is 12.6. The van der Waals surface area contributed by atoms with Gasteiger partial charge in [0.2, 0.25) is 0 Å². The van der Waals surface area contributed by atoms with Crippen LogP contribution in [0, 0.1) is 10.1 Å². The molecule has 0 unspecified atom stereocenters. The molecule has 0 saturated carbocycles. The highest BCUT2D eigenvalue weighted by molar-refractivity contribution is 7.80. The number of nitrogens with one attached hydrogen (secondary N) is 1. The van der Waals surface area contributed by atoms with E-state index in [4.69, 9.17) is 17.0 Å². The number of rotatable bonds is 5. The Balaban J connectivity index is 1.43. The zero-order chi connectivity index (χ0) is 23.4. The summed E-state index contributed by atoms with van der Waals surface area (Å²) in [6.45, 7) is 5.13. The number of thiophene rings is 1. The monoisotopic (exact) mass is 488 g/mol. The van der Waals surface area contributed by atoms with Crippen LogP contribution in [0.3, 0.4) is 0 Å². The zero-order valence-corrected chi connectivity index (χ0v) is 20.3. The molecule has 0 bridgehead atoms. The number of ether oxygens (including phenoxy) is 1. The van der Waals surface area contributed by atoms with Crippen molar-refractivity contribution in [3.63, 3.8) is 0 Å². The molecule has 8 nitrogen and oxygen atoms in total. The zero-order valence-electron chi connectivity index (χ0n) is 18.7. The van der Waals surface area contributed by atoms with Crippen molar-refractivity contribution in [1.82, 2.24) is 4.90 Å². The molecule has 1 aliphatic carbocycles. The summed E-state index contributed by atoms with van der Waals surface area (Å²) in [7, 11) is 0.